The minimum absolute atomic E-state index is 0.279. The van der Waals surface area contributed by atoms with Crippen molar-refractivity contribution in [2.75, 3.05) is 24.2 Å². The van der Waals surface area contributed by atoms with Crippen molar-refractivity contribution in [1.82, 2.24) is 15.0 Å². The van der Waals surface area contributed by atoms with Crippen molar-refractivity contribution >= 4 is 32.7 Å². The molecule has 0 aliphatic carbocycles. The SMILES string of the molecule is CCc1cnc(N2CC=C(c3nc(COc4ccc(S(C)(=O)=O)cc4)cs3)CC2)nc1. The predicted octanol–water partition coefficient (Wildman–Crippen LogP) is 3.77. The second kappa shape index (κ2) is 9.15. The van der Waals surface area contributed by atoms with Gasteiger partial charge in [0.1, 0.15) is 17.4 Å². The van der Waals surface area contributed by atoms with Crippen LogP contribution in [0.15, 0.2) is 53.0 Å². The van der Waals surface area contributed by atoms with Gasteiger partial charge in [-0.2, -0.15) is 0 Å². The smallest absolute Gasteiger partial charge is 0.225 e. The number of aryl methyl sites for hydroxylation is 1. The zero-order valence-electron chi connectivity index (χ0n) is 17.5. The van der Waals surface area contributed by atoms with Crippen LogP contribution >= 0.6 is 11.3 Å². The van der Waals surface area contributed by atoms with Gasteiger partial charge in [0.05, 0.1) is 10.6 Å². The molecular weight excluding hydrogens is 432 g/mol. The molecule has 0 bridgehead atoms. The summed E-state index contributed by atoms with van der Waals surface area (Å²) in [5.41, 5.74) is 3.23. The molecule has 1 aromatic carbocycles. The van der Waals surface area contributed by atoms with Crippen LogP contribution in [0.4, 0.5) is 5.95 Å². The van der Waals surface area contributed by atoms with Crippen molar-refractivity contribution in [3.05, 3.63) is 64.4 Å². The highest BCUT2D eigenvalue weighted by Crippen LogP contribution is 2.27. The van der Waals surface area contributed by atoms with Gasteiger partial charge in [0.15, 0.2) is 9.84 Å². The van der Waals surface area contributed by atoms with Gasteiger partial charge in [0.25, 0.3) is 0 Å². The van der Waals surface area contributed by atoms with Gasteiger partial charge in [-0.15, -0.1) is 11.3 Å². The van der Waals surface area contributed by atoms with Crippen LogP contribution in [0.5, 0.6) is 5.75 Å². The third kappa shape index (κ3) is 5.29. The van der Waals surface area contributed by atoms with E-state index in [2.05, 4.69) is 27.9 Å². The standard InChI is InChI=1S/C22H24N4O3S2/c1-3-16-12-23-22(24-13-16)26-10-8-17(9-11-26)21-25-18(15-30-21)14-29-19-4-6-20(7-5-19)31(2,27)28/h4-8,12-13,15H,3,9-11,14H2,1-2H3. The zero-order valence-corrected chi connectivity index (χ0v) is 19.1. The van der Waals surface area contributed by atoms with E-state index in [1.54, 1.807) is 35.6 Å². The topological polar surface area (TPSA) is 85.3 Å². The van der Waals surface area contributed by atoms with Crippen molar-refractivity contribution in [3.63, 3.8) is 0 Å². The highest BCUT2D eigenvalue weighted by atomic mass is 32.2. The molecule has 2 aromatic heterocycles. The summed E-state index contributed by atoms with van der Waals surface area (Å²) >= 11 is 1.61. The first kappa shape index (κ1) is 21.5. The Bertz CT molecular complexity index is 1170. The van der Waals surface area contributed by atoms with E-state index in [1.165, 1.54) is 11.8 Å². The molecule has 0 atom stereocenters. The molecule has 0 amide bonds. The maximum atomic E-state index is 11.5. The van der Waals surface area contributed by atoms with E-state index < -0.39 is 9.84 Å². The lowest BCUT2D eigenvalue weighted by Crippen LogP contribution is -2.29. The zero-order chi connectivity index (χ0) is 21.8. The molecule has 1 aliphatic heterocycles. The van der Waals surface area contributed by atoms with E-state index in [1.807, 2.05) is 17.8 Å². The first-order chi connectivity index (χ1) is 14.9. The molecule has 0 N–H and O–H groups in total. The number of rotatable bonds is 7. The highest BCUT2D eigenvalue weighted by molar-refractivity contribution is 7.90. The molecule has 0 saturated heterocycles. The van der Waals surface area contributed by atoms with Crippen LogP contribution in [-0.4, -0.2) is 42.7 Å². The summed E-state index contributed by atoms with van der Waals surface area (Å²) in [6.45, 7) is 4.05. The Labute approximate surface area is 186 Å². The number of thiazole rings is 1. The van der Waals surface area contributed by atoms with Crippen molar-refractivity contribution < 1.29 is 13.2 Å². The summed E-state index contributed by atoms with van der Waals surface area (Å²) in [6.07, 6.45) is 8.99. The Balaban J connectivity index is 1.35. The summed E-state index contributed by atoms with van der Waals surface area (Å²) in [4.78, 5) is 16.1. The average molecular weight is 457 g/mol. The molecule has 9 heteroatoms. The first-order valence-corrected chi connectivity index (χ1v) is 12.8. The largest absolute Gasteiger partial charge is 0.487 e. The Morgan fingerprint density at radius 2 is 1.90 bits per heavy atom. The number of hydrogen-bond donors (Lipinski definition) is 0. The van der Waals surface area contributed by atoms with Gasteiger partial charge in [0, 0.05) is 37.1 Å². The van der Waals surface area contributed by atoms with E-state index in [4.69, 9.17) is 9.72 Å². The van der Waals surface area contributed by atoms with Crippen molar-refractivity contribution in [2.45, 2.75) is 31.3 Å². The minimum Gasteiger partial charge on any atom is -0.487 e. The van der Waals surface area contributed by atoms with E-state index in [9.17, 15) is 8.42 Å². The Morgan fingerprint density at radius 3 is 2.52 bits per heavy atom. The molecule has 0 radical (unpaired) electrons. The second-order valence-corrected chi connectivity index (χ2v) is 10.2. The highest BCUT2D eigenvalue weighted by Gasteiger charge is 2.17. The molecule has 0 spiro atoms. The van der Waals surface area contributed by atoms with E-state index >= 15 is 0 Å². The van der Waals surface area contributed by atoms with Crippen LogP contribution in [0, 0.1) is 0 Å². The number of sulfone groups is 1. The lowest BCUT2D eigenvalue weighted by molar-refractivity contribution is 0.302. The third-order valence-corrected chi connectivity index (χ3v) is 7.15. The Hall–Kier alpha value is -2.78. The van der Waals surface area contributed by atoms with Gasteiger partial charge in [-0.05, 0) is 48.2 Å². The van der Waals surface area contributed by atoms with Gasteiger partial charge in [-0.3, -0.25) is 0 Å². The quantitative estimate of drug-likeness (QED) is 0.535. The van der Waals surface area contributed by atoms with Gasteiger partial charge in [-0.1, -0.05) is 13.0 Å². The average Bonchev–Trinajstić information content (AvgIpc) is 3.27. The van der Waals surface area contributed by atoms with Crippen LogP contribution in [0.25, 0.3) is 5.57 Å². The fourth-order valence-corrected chi connectivity index (χ4v) is 4.71. The normalized spacial score (nSPS) is 14.4. The van der Waals surface area contributed by atoms with E-state index in [-0.39, 0.29) is 4.90 Å². The molecule has 0 fully saturated rings. The van der Waals surface area contributed by atoms with Crippen LogP contribution in [0.2, 0.25) is 0 Å². The molecule has 3 heterocycles. The number of hydrogen-bond acceptors (Lipinski definition) is 8. The van der Waals surface area contributed by atoms with Crippen LogP contribution < -0.4 is 9.64 Å². The molecule has 31 heavy (non-hydrogen) atoms. The van der Waals surface area contributed by atoms with Crippen molar-refractivity contribution in [3.8, 4) is 5.75 Å². The monoisotopic (exact) mass is 456 g/mol. The lowest BCUT2D eigenvalue weighted by Gasteiger charge is -2.25. The molecule has 0 unspecified atom stereocenters. The predicted molar refractivity (Wildman–Crippen MR) is 122 cm³/mol. The van der Waals surface area contributed by atoms with Gasteiger partial charge >= 0.3 is 0 Å². The van der Waals surface area contributed by atoms with Crippen LogP contribution in [0.1, 0.15) is 29.6 Å². The molecule has 0 saturated carbocycles. The van der Waals surface area contributed by atoms with Crippen molar-refractivity contribution in [2.24, 2.45) is 0 Å². The van der Waals surface area contributed by atoms with Gasteiger partial charge < -0.3 is 9.64 Å². The Kier molecular flexibility index (Phi) is 6.33. The van der Waals surface area contributed by atoms with Crippen molar-refractivity contribution in [1.29, 1.82) is 0 Å². The van der Waals surface area contributed by atoms with Gasteiger partial charge in [-0.25, -0.2) is 23.4 Å². The maximum Gasteiger partial charge on any atom is 0.225 e. The van der Waals surface area contributed by atoms with Gasteiger partial charge in [0.2, 0.25) is 5.95 Å². The second-order valence-electron chi connectivity index (χ2n) is 7.35. The van der Waals surface area contributed by atoms with Crippen LogP contribution in [0.3, 0.4) is 0 Å². The lowest BCUT2D eigenvalue weighted by atomic mass is 10.1. The number of aromatic nitrogens is 3. The number of nitrogens with zero attached hydrogens (tertiary/aromatic N) is 4. The first-order valence-electron chi connectivity index (χ1n) is 10.0. The third-order valence-electron chi connectivity index (χ3n) is 5.06. The molecule has 3 aromatic rings. The summed E-state index contributed by atoms with van der Waals surface area (Å²) in [6, 6.07) is 6.43. The molecule has 1 aliphatic rings. The summed E-state index contributed by atoms with van der Waals surface area (Å²) in [7, 11) is -3.20. The van der Waals surface area contributed by atoms with E-state index in [0.717, 1.165) is 48.1 Å². The fraction of sp³-hybridized carbons (Fsp3) is 0.318. The fourth-order valence-electron chi connectivity index (χ4n) is 3.20. The van der Waals surface area contributed by atoms with E-state index in [0.29, 0.717) is 12.4 Å². The summed E-state index contributed by atoms with van der Waals surface area (Å²) in [5, 5.41) is 3.01. The summed E-state index contributed by atoms with van der Waals surface area (Å²) in [5.74, 6) is 1.38. The molecular formula is C22H24N4O3S2. The number of anilines is 1. The Morgan fingerprint density at radius 1 is 1.16 bits per heavy atom. The molecule has 7 nitrogen and oxygen atoms in total. The molecule has 4 rings (SSSR count). The minimum atomic E-state index is -3.20. The van der Waals surface area contributed by atoms with Crippen LogP contribution in [-0.2, 0) is 22.9 Å². The summed E-state index contributed by atoms with van der Waals surface area (Å²) < 4.78 is 28.8. The molecule has 162 valence electrons. The number of ether oxygens (including phenoxy) is 1. The number of benzene rings is 1. The maximum absolute atomic E-state index is 11.5.